The van der Waals surface area contributed by atoms with Gasteiger partial charge in [-0.1, -0.05) is 26.2 Å². The van der Waals surface area contributed by atoms with E-state index in [2.05, 4.69) is 23.0 Å². The maximum absolute atomic E-state index is 12.5. The summed E-state index contributed by atoms with van der Waals surface area (Å²) in [4.78, 5) is 20.9. The Hall–Kier alpha value is -2.40. The summed E-state index contributed by atoms with van der Waals surface area (Å²) in [6, 6.07) is 4.03. The number of carbonyl (C=O) groups is 1. The van der Waals surface area contributed by atoms with Crippen molar-refractivity contribution in [1.29, 1.82) is 0 Å². The third-order valence-electron chi connectivity index (χ3n) is 4.88. The molecule has 1 fully saturated rings. The fourth-order valence-electron chi connectivity index (χ4n) is 3.37. The lowest BCUT2D eigenvalue weighted by Crippen LogP contribution is -2.47. The van der Waals surface area contributed by atoms with Gasteiger partial charge < -0.3 is 14.9 Å². The van der Waals surface area contributed by atoms with Crippen LogP contribution in [0.1, 0.15) is 32.6 Å². The minimum absolute atomic E-state index is 0.143. The zero-order chi connectivity index (χ0) is 18.9. The molecular weight excluding hydrogens is 326 g/mol. The van der Waals surface area contributed by atoms with E-state index in [0.717, 1.165) is 50.2 Å². The van der Waals surface area contributed by atoms with E-state index in [9.17, 15) is 9.90 Å². The maximum atomic E-state index is 12.5. The summed E-state index contributed by atoms with van der Waals surface area (Å²) >= 11 is 0. The standard InChI is InChI=1S/C21H29N3O2/c1-4-17(20(25)5-2)9-13-23-14-10-18(11-15-23)24(21(26)6-3)19-8-7-12-22-16-19/h4-5,7-8,12,16,18,25H,1-2,6,9-11,13-15H2,3H3/b20-17-. The number of amides is 1. The highest BCUT2D eigenvalue weighted by molar-refractivity contribution is 5.93. The van der Waals surface area contributed by atoms with Crippen molar-refractivity contribution in [3.63, 3.8) is 0 Å². The number of allylic oxidation sites excluding steroid dienone is 2. The average molecular weight is 355 g/mol. The van der Waals surface area contributed by atoms with Crippen molar-refractivity contribution in [2.45, 2.75) is 38.6 Å². The first-order valence-corrected chi connectivity index (χ1v) is 9.22. The number of carbonyl (C=O) groups excluding carboxylic acids is 1. The van der Waals surface area contributed by atoms with Gasteiger partial charge in [-0.05, 0) is 43.0 Å². The van der Waals surface area contributed by atoms with E-state index in [0.29, 0.717) is 6.42 Å². The van der Waals surface area contributed by atoms with E-state index < -0.39 is 0 Å². The highest BCUT2D eigenvalue weighted by Gasteiger charge is 2.28. The fraction of sp³-hybridized carbons (Fsp3) is 0.429. The Morgan fingerprint density at radius 1 is 1.38 bits per heavy atom. The fourth-order valence-corrected chi connectivity index (χ4v) is 3.37. The van der Waals surface area contributed by atoms with E-state index in [1.807, 2.05) is 24.0 Å². The first-order valence-electron chi connectivity index (χ1n) is 9.22. The van der Waals surface area contributed by atoms with Gasteiger partial charge in [0.05, 0.1) is 11.9 Å². The quantitative estimate of drug-likeness (QED) is 0.568. The lowest BCUT2D eigenvalue weighted by Gasteiger charge is -2.38. The molecular formula is C21H29N3O2. The molecule has 0 atom stereocenters. The average Bonchev–Trinajstić information content (AvgIpc) is 2.70. The van der Waals surface area contributed by atoms with Crippen molar-refractivity contribution >= 4 is 11.6 Å². The number of aliphatic hydroxyl groups is 1. The Balaban J connectivity index is 1.96. The van der Waals surface area contributed by atoms with E-state index >= 15 is 0 Å². The van der Waals surface area contributed by atoms with Crippen molar-refractivity contribution in [3.8, 4) is 0 Å². The van der Waals surface area contributed by atoms with Crippen molar-refractivity contribution in [3.05, 3.63) is 61.2 Å². The largest absolute Gasteiger partial charge is 0.508 e. The monoisotopic (exact) mass is 355 g/mol. The van der Waals surface area contributed by atoms with Crippen LogP contribution in [0.25, 0.3) is 0 Å². The third kappa shape index (κ3) is 5.05. The predicted molar refractivity (Wildman–Crippen MR) is 106 cm³/mol. The number of aromatic nitrogens is 1. The van der Waals surface area contributed by atoms with Crippen LogP contribution < -0.4 is 4.90 Å². The molecule has 1 aromatic rings. The topological polar surface area (TPSA) is 56.7 Å². The number of anilines is 1. The first kappa shape index (κ1) is 19.9. The van der Waals surface area contributed by atoms with Gasteiger partial charge >= 0.3 is 0 Å². The molecule has 2 heterocycles. The van der Waals surface area contributed by atoms with E-state index in [4.69, 9.17) is 0 Å². The summed E-state index contributed by atoms with van der Waals surface area (Å²) in [5.41, 5.74) is 1.70. The summed E-state index contributed by atoms with van der Waals surface area (Å²) in [6.07, 6.45) is 9.72. The molecule has 140 valence electrons. The molecule has 5 heteroatoms. The summed E-state index contributed by atoms with van der Waals surface area (Å²) < 4.78 is 0. The number of nitrogens with zero attached hydrogens (tertiary/aromatic N) is 3. The number of likely N-dealkylation sites (tertiary alicyclic amines) is 1. The van der Waals surface area contributed by atoms with Crippen molar-refractivity contribution < 1.29 is 9.90 Å². The molecule has 0 radical (unpaired) electrons. The molecule has 1 aliphatic heterocycles. The summed E-state index contributed by atoms with van der Waals surface area (Å²) in [5, 5.41) is 9.80. The highest BCUT2D eigenvalue weighted by Crippen LogP contribution is 2.24. The molecule has 26 heavy (non-hydrogen) atoms. The minimum atomic E-state index is 0.143. The lowest BCUT2D eigenvalue weighted by atomic mass is 10.0. The van der Waals surface area contributed by atoms with Gasteiger partial charge in [0.25, 0.3) is 0 Å². The molecule has 1 aromatic heterocycles. The van der Waals surface area contributed by atoms with Crippen LogP contribution in [0.5, 0.6) is 0 Å². The van der Waals surface area contributed by atoms with Crippen LogP contribution in [0.3, 0.4) is 0 Å². The van der Waals surface area contributed by atoms with Crippen LogP contribution >= 0.6 is 0 Å². The lowest BCUT2D eigenvalue weighted by molar-refractivity contribution is -0.119. The normalized spacial score (nSPS) is 16.7. The van der Waals surface area contributed by atoms with Crippen LogP contribution in [0.4, 0.5) is 5.69 Å². The molecule has 0 aliphatic carbocycles. The zero-order valence-corrected chi connectivity index (χ0v) is 15.6. The van der Waals surface area contributed by atoms with Gasteiger partial charge in [-0.3, -0.25) is 9.78 Å². The molecule has 5 nitrogen and oxygen atoms in total. The van der Waals surface area contributed by atoms with Gasteiger partial charge in [0.1, 0.15) is 5.76 Å². The molecule has 2 rings (SSSR count). The molecule has 0 bridgehead atoms. The molecule has 0 saturated carbocycles. The zero-order valence-electron chi connectivity index (χ0n) is 15.6. The Kier molecular flexibility index (Phi) is 7.60. The van der Waals surface area contributed by atoms with Gasteiger partial charge in [0.2, 0.25) is 5.91 Å². The number of piperidine rings is 1. The molecule has 1 aliphatic rings. The number of pyridine rings is 1. The number of aliphatic hydroxyl groups excluding tert-OH is 1. The molecule has 1 amide bonds. The molecule has 1 N–H and O–H groups in total. The van der Waals surface area contributed by atoms with Crippen LogP contribution in [-0.4, -0.2) is 46.6 Å². The van der Waals surface area contributed by atoms with Gasteiger partial charge in [-0.25, -0.2) is 0 Å². The van der Waals surface area contributed by atoms with Crippen LogP contribution in [0.2, 0.25) is 0 Å². The minimum Gasteiger partial charge on any atom is -0.508 e. The second kappa shape index (κ2) is 9.92. The van der Waals surface area contributed by atoms with Crippen molar-refractivity contribution in [2.75, 3.05) is 24.5 Å². The maximum Gasteiger partial charge on any atom is 0.227 e. The SMILES string of the molecule is C=C/C(O)=C(\C=C)CCN1CCC(N(C(=O)CC)c2cccnc2)CC1. The first-order chi connectivity index (χ1) is 12.6. The van der Waals surface area contributed by atoms with E-state index in [-0.39, 0.29) is 17.7 Å². The van der Waals surface area contributed by atoms with Gasteiger partial charge in [0.15, 0.2) is 0 Å². The summed E-state index contributed by atoms with van der Waals surface area (Å²) in [6.45, 7) is 12.0. The van der Waals surface area contributed by atoms with Crippen LogP contribution in [0.15, 0.2) is 61.2 Å². The number of hydrogen-bond acceptors (Lipinski definition) is 4. The van der Waals surface area contributed by atoms with Crippen LogP contribution in [-0.2, 0) is 4.79 Å². The van der Waals surface area contributed by atoms with Crippen molar-refractivity contribution in [2.24, 2.45) is 0 Å². The Morgan fingerprint density at radius 2 is 2.12 bits per heavy atom. The smallest absolute Gasteiger partial charge is 0.227 e. The number of rotatable bonds is 8. The van der Waals surface area contributed by atoms with Gasteiger partial charge in [0, 0.05) is 38.3 Å². The molecule has 0 spiro atoms. The Labute approximate surface area is 156 Å². The van der Waals surface area contributed by atoms with Crippen LogP contribution in [0, 0.1) is 0 Å². The molecule has 0 aromatic carbocycles. The second-order valence-corrected chi connectivity index (χ2v) is 6.47. The van der Waals surface area contributed by atoms with E-state index in [1.165, 1.54) is 6.08 Å². The van der Waals surface area contributed by atoms with E-state index in [1.54, 1.807) is 18.5 Å². The second-order valence-electron chi connectivity index (χ2n) is 6.47. The summed E-state index contributed by atoms with van der Waals surface area (Å²) in [5.74, 6) is 0.343. The summed E-state index contributed by atoms with van der Waals surface area (Å²) in [7, 11) is 0. The van der Waals surface area contributed by atoms with Gasteiger partial charge in [-0.2, -0.15) is 0 Å². The highest BCUT2D eigenvalue weighted by atomic mass is 16.3. The Bertz CT molecular complexity index is 646. The van der Waals surface area contributed by atoms with Gasteiger partial charge in [-0.15, -0.1) is 0 Å². The Morgan fingerprint density at radius 3 is 2.65 bits per heavy atom. The molecule has 1 saturated heterocycles. The number of hydrogen-bond donors (Lipinski definition) is 1. The molecule has 0 unspecified atom stereocenters. The third-order valence-corrected chi connectivity index (χ3v) is 4.88. The predicted octanol–water partition coefficient (Wildman–Crippen LogP) is 3.86. The van der Waals surface area contributed by atoms with Crippen molar-refractivity contribution in [1.82, 2.24) is 9.88 Å².